The fraction of sp³-hybridized carbons (Fsp3) is 0.800. The van der Waals surface area contributed by atoms with Gasteiger partial charge in [0.2, 0.25) is 5.91 Å². The molecule has 5 nitrogen and oxygen atoms in total. The molecule has 0 aliphatic heterocycles. The van der Waals surface area contributed by atoms with Crippen molar-refractivity contribution in [2.24, 2.45) is 5.73 Å². The summed E-state index contributed by atoms with van der Waals surface area (Å²) in [6, 6.07) is 0. The first kappa shape index (κ1) is 13.9. The summed E-state index contributed by atoms with van der Waals surface area (Å²) in [5.41, 5.74) is 4.31. The fourth-order valence-electron chi connectivity index (χ4n) is 1.04. The van der Waals surface area contributed by atoms with E-state index in [-0.39, 0.29) is 5.91 Å². The third-order valence-corrected chi connectivity index (χ3v) is 1.85. The molecule has 0 aromatic rings. The van der Waals surface area contributed by atoms with Crippen LogP contribution in [0.25, 0.3) is 0 Å². The molecule has 0 heterocycles. The van der Waals surface area contributed by atoms with Crippen LogP contribution in [0.4, 0.5) is 0 Å². The van der Waals surface area contributed by atoms with Gasteiger partial charge in [-0.2, -0.15) is 0 Å². The monoisotopic (exact) mass is 216 g/mol. The Labute approximate surface area is 90.4 Å². The summed E-state index contributed by atoms with van der Waals surface area (Å²) in [6.07, 6.45) is 0.948. The molecule has 0 aliphatic rings. The lowest BCUT2D eigenvalue weighted by atomic mass is 10.1. The Morgan fingerprint density at radius 1 is 1.40 bits per heavy atom. The minimum atomic E-state index is -0.971. The van der Waals surface area contributed by atoms with E-state index in [1.54, 1.807) is 20.8 Å². The molecule has 0 unspecified atom stereocenters. The molecule has 0 rings (SSSR count). The van der Waals surface area contributed by atoms with Crippen molar-refractivity contribution in [2.75, 3.05) is 13.2 Å². The van der Waals surface area contributed by atoms with Gasteiger partial charge in [-0.1, -0.05) is 0 Å². The largest absolute Gasteiger partial charge is 0.464 e. The predicted molar refractivity (Wildman–Crippen MR) is 57.1 cm³/mol. The van der Waals surface area contributed by atoms with Crippen LogP contribution in [0.15, 0.2) is 0 Å². The molecule has 88 valence electrons. The molecule has 3 N–H and O–H groups in total. The van der Waals surface area contributed by atoms with Crippen LogP contribution in [0, 0.1) is 0 Å². The Bertz CT molecular complexity index is 227. The van der Waals surface area contributed by atoms with E-state index < -0.39 is 11.5 Å². The van der Waals surface area contributed by atoms with Crippen molar-refractivity contribution in [1.82, 2.24) is 5.32 Å². The molecule has 0 radical (unpaired) electrons. The number of nitrogens with one attached hydrogen (secondary N) is 1. The Hall–Kier alpha value is -1.10. The third-order valence-electron chi connectivity index (χ3n) is 1.85. The van der Waals surface area contributed by atoms with Crippen molar-refractivity contribution in [1.29, 1.82) is 0 Å². The van der Waals surface area contributed by atoms with Crippen LogP contribution in [0.5, 0.6) is 0 Å². The highest BCUT2D eigenvalue weighted by atomic mass is 16.5. The summed E-state index contributed by atoms with van der Waals surface area (Å²) in [6.45, 7) is 5.73. The Balaban J connectivity index is 4.12. The fourth-order valence-corrected chi connectivity index (χ4v) is 1.04. The highest BCUT2D eigenvalue weighted by Gasteiger charge is 2.30. The predicted octanol–water partition coefficient (Wildman–Crippen LogP) is 0.183. The highest BCUT2D eigenvalue weighted by molar-refractivity contribution is 5.87. The number of carbonyl (C=O) groups is 2. The normalized spacial score (nSPS) is 10.9. The number of carbonyl (C=O) groups excluding carboxylic acids is 2. The summed E-state index contributed by atoms with van der Waals surface area (Å²) >= 11 is 0. The van der Waals surface area contributed by atoms with Gasteiger partial charge in [0.1, 0.15) is 5.54 Å². The molecule has 0 saturated heterocycles. The van der Waals surface area contributed by atoms with E-state index in [2.05, 4.69) is 5.32 Å². The van der Waals surface area contributed by atoms with Gasteiger partial charge in [0.05, 0.1) is 6.61 Å². The topological polar surface area (TPSA) is 81.4 Å². The molecular weight excluding hydrogens is 196 g/mol. The molecule has 5 heteroatoms. The second-order valence-corrected chi connectivity index (χ2v) is 3.79. The molecule has 0 aromatic heterocycles. The molecule has 1 amide bonds. The zero-order valence-corrected chi connectivity index (χ0v) is 9.63. The first-order valence-corrected chi connectivity index (χ1v) is 5.12. The molecule has 0 aromatic carbocycles. The van der Waals surface area contributed by atoms with Crippen LogP contribution in [0.1, 0.15) is 33.6 Å². The van der Waals surface area contributed by atoms with E-state index in [0.29, 0.717) is 26.0 Å². The summed E-state index contributed by atoms with van der Waals surface area (Å²) in [7, 11) is 0. The maximum absolute atomic E-state index is 11.4. The average molecular weight is 216 g/mol. The van der Waals surface area contributed by atoms with Gasteiger partial charge < -0.3 is 15.8 Å². The van der Waals surface area contributed by atoms with Crippen molar-refractivity contribution >= 4 is 11.9 Å². The van der Waals surface area contributed by atoms with Crippen LogP contribution in [-0.4, -0.2) is 30.6 Å². The van der Waals surface area contributed by atoms with Gasteiger partial charge in [0, 0.05) is 6.42 Å². The molecule has 0 aliphatic carbocycles. The number of amides is 1. The Kier molecular flexibility index (Phi) is 5.93. The Morgan fingerprint density at radius 2 is 2.00 bits per heavy atom. The summed E-state index contributed by atoms with van der Waals surface area (Å²) in [5, 5.41) is 2.61. The van der Waals surface area contributed by atoms with Crippen LogP contribution in [0.2, 0.25) is 0 Å². The molecule has 0 spiro atoms. The average Bonchev–Trinajstić information content (AvgIpc) is 2.14. The summed E-state index contributed by atoms with van der Waals surface area (Å²) in [4.78, 5) is 22.8. The van der Waals surface area contributed by atoms with E-state index in [1.807, 2.05) is 0 Å². The van der Waals surface area contributed by atoms with Crippen LogP contribution in [0.3, 0.4) is 0 Å². The number of esters is 1. The minimum Gasteiger partial charge on any atom is -0.464 e. The van der Waals surface area contributed by atoms with Gasteiger partial charge in [-0.15, -0.1) is 0 Å². The first-order chi connectivity index (χ1) is 6.94. The number of hydrogen-bond acceptors (Lipinski definition) is 4. The second-order valence-electron chi connectivity index (χ2n) is 3.79. The number of nitrogens with two attached hydrogens (primary N) is 1. The summed E-state index contributed by atoms with van der Waals surface area (Å²) < 4.78 is 4.83. The molecular formula is C10H20N2O3. The lowest BCUT2D eigenvalue weighted by Gasteiger charge is -2.23. The van der Waals surface area contributed by atoms with Crippen molar-refractivity contribution in [3.05, 3.63) is 0 Å². The van der Waals surface area contributed by atoms with Gasteiger partial charge in [-0.05, 0) is 33.7 Å². The molecule has 0 atom stereocenters. The number of ether oxygens (including phenoxy) is 1. The van der Waals surface area contributed by atoms with Gasteiger partial charge in [-0.25, -0.2) is 4.79 Å². The SMILES string of the molecule is CCOC(=O)C(C)(C)NC(=O)CCCN. The minimum absolute atomic E-state index is 0.182. The smallest absolute Gasteiger partial charge is 0.331 e. The maximum Gasteiger partial charge on any atom is 0.331 e. The maximum atomic E-state index is 11.4. The van der Waals surface area contributed by atoms with Crippen molar-refractivity contribution in [2.45, 2.75) is 39.2 Å². The van der Waals surface area contributed by atoms with E-state index in [1.165, 1.54) is 0 Å². The van der Waals surface area contributed by atoms with Crippen LogP contribution in [-0.2, 0) is 14.3 Å². The standard InChI is InChI=1S/C10H20N2O3/c1-4-15-9(14)10(2,3)12-8(13)6-5-7-11/h4-7,11H2,1-3H3,(H,12,13). The van der Waals surface area contributed by atoms with E-state index in [9.17, 15) is 9.59 Å². The number of rotatable bonds is 6. The van der Waals surface area contributed by atoms with E-state index in [0.717, 1.165) is 0 Å². The lowest BCUT2D eigenvalue weighted by Crippen LogP contribution is -2.50. The lowest BCUT2D eigenvalue weighted by molar-refractivity contribution is -0.151. The quantitative estimate of drug-likeness (QED) is 0.621. The zero-order chi connectivity index (χ0) is 11.9. The zero-order valence-electron chi connectivity index (χ0n) is 9.63. The van der Waals surface area contributed by atoms with E-state index in [4.69, 9.17) is 10.5 Å². The van der Waals surface area contributed by atoms with Crippen molar-refractivity contribution in [3.63, 3.8) is 0 Å². The van der Waals surface area contributed by atoms with Crippen molar-refractivity contribution in [3.8, 4) is 0 Å². The molecule has 0 saturated carbocycles. The third kappa shape index (κ3) is 5.37. The van der Waals surface area contributed by atoms with Crippen molar-refractivity contribution < 1.29 is 14.3 Å². The number of hydrogen-bond donors (Lipinski definition) is 2. The van der Waals surface area contributed by atoms with Gasteiger partial charge in [-0.3, -0.25) is 4.79 Å². The van der Waals surface area contributed by atoms with E-state index >= 15 is 0 Å². The molecule has 0 fully saturated rings. The van der Waals surface area contributed by atoms with Crippen LogP contribution < -0.4 is 11.1 Å². The highest BCUT2D eigenvalue weighted by Crippen LogP contribution is 2.05. The van der Waals surface area contributed by atoms with Gasteiger partial charge in [0.25, 0.3) is 0 Å². The Morgan fingerprint density at radius 3 is 2.47 bits per heavy atom. The van der Waals surface area contributed by atoms with Gasteiger partial charge in [0.15, 0.2) is 0 Å². The van der Waals surface area contributed by atoms with Gasteiger partial charge >= 0.3 is 5.97 Å². The molecule has 15 heavy (non-hydrogen) atoms. The second kappa shape index (κ2) is 6.40. The molecule has 0 bridgehead atoms. The first-order valence-electron chi connectivity index (χ1n) is 5.12. The summed E-state index contributed by atoms with van der Waals surface area (Å²) in [5.74, 6) is -0.607. The van der Waals surface area contributed by atoms with Crippen LogP contribution >= 0.6 is 0 Å².